The number of benzene rings is 2. The van der Waals surface area contributed by atoms with Crippen molar-refractivity contribution in [2.24, 2.45) is 0 Å². The van der Waals surface area contributed by atoms with Gasteiger partial charge in [-0.1, -0.05) is 41.9 Å². The van der Waals surface area contributed by atoms with Gasteiger partial charge in [0.25, 0.3) is 0 Å². The number of hydrogen-bond acceptors (Lipinski definition) is 0. The maximum absolute atomic E-state index is 13.7. The Morgan fingerprint density at radius 3 is 2.71 bits per heavy atom. The standard InChI is InChI=1S/C18H17Cl2F/c19-12-18(11-13-7-8-16(20)17(21)10-13)9-3-5-14-4-1-2-6-15(14)18/h1-2,4,6-8,10H,3,5,9,11-12H2. The van der Waals surface area contributed by atoms with Crippen LogP contribution in [0.4, 0.5) is 4.39 Å². The van der Waals surface area contributed by atoms with E-state index in [1.165, 1.54) is 17.2 Å². The van der Waals surface area contributed by atoms with Gasteiger partial charge in [0, 0.05) is 11.3 Å². The molecule has 0 amide bonds. The SMILES string of the molecule is Fc1cc(CC2(CCl)CCCc3ccccc32)ccc1Cl. The van der Waals surface area contributed by atoms with Crippen molar-refractivity contribution in [2.75, 3.05) is 5.88 Å². The van der Waals surface area contributed by atoms with Gasteiger partial charge in [-0.3, -0.25) is 0 Å². The summed E-state index contributed by atoms with van der Waals surface area (Å²) in [6.07, 6.45) is 4.02. The molecule has 0 heterocycles. The van der Waals surface area contributed by atoms with E-state index in [2.05, 4.69) is 24.3 Å². The highest BCUT2D eigenvalue weighted by Crippen LogP contribution is 2.41. The van der Waals surface area contributed by atoms with Crippen LogP contribution in [0.5, 0.6) is 0 Å². The quantitative estimate of drug-likeness (QED) is 0.651. The molecule has 0 bridgehead atoms. The van der Waals surface area contributed by atoms with Crippen molar-refractivity contribution in [2.45, 2.75) is 31.1 Å². The molecule has 2 aromatic carbocycles. The summed E-state index contributed by atoms with van der Waals surface area (Å²) in [5.41, 5.74) is 3.55. The molecule has 1 aliphatic carbocycles. The lowest BCUT2D eigenvalue weighted by atomic mass is 9.68. The minimum absolute atomic E-state index is 0.101. The van der Waals surface area contributed by atoms with Crippen molar-refractivity contribution >= 4 is 23.2 Å². The van der Waals surface area contributed by atoms with E-state index in [4.69, 9.17) is 23.2 Å². The largest absolute Gasteiger partial charge is 0.205 e. The zero-order chi connectivity index (χ0) is 14.9. The highest BCUT2D eigenvalue weighted by molar-refractivity contribution is 6.30. The third-order valence-electron chi connectivity index (χ3n) is 4.47. The van der Waals surface area contributed by atoms with Crippen LogP contribution in [0.3, 0.4) is 0 Å². The van der Waals surface area contributed by atoms with Gasteiger partial charge in [0.15, 0.2) is 0 Å². The van der Waals surface area contributed by atoms with Gasteiger partial charge in [0.05, 0.1) is 5.02 Å². The van der Waals surface area contributed by atoms with E-state index in [0.29, 0.717) is 5.88 Å². The predicted molar refractivity (Wildman–Crippen MR) is 86.9 cm³/mol. The normalized spacial score (nSPS) is 21.1. The second-order valence-corrected chi connectivity index (χ2v) is 6.52. The van der Waals surface area contributed by atoms with Gasteiger partial charge < -0.3 is 0 Å². The molecular formula is C18H17Cl2F. The van der Waals surface area contributed by atoms with Crippen LogP contribution in [0.25, 0.3) is 0 Å². The van der Waals surface area contributed by atoms with Gasteiger partial charge in [-0.15, -0.1) is 11.6 Å². The van der Waals surface area contributed by atoms with E-state index in [0.717, 1.165) is 31.2 Å². The number of hydrogen-bond donors (Lipinski definition) is 0. The summed E-state index contributed by atoms with van der Waals surface area (Å²) in [4.78, 5) is 0. The fourth-order valence-corrected chi connectivity index (χ4v) is 3.91. The lowest BCUT2D eigenvalue weighted by Crippen LogP contribution is -2.35. The summed E-state index contributed by atoms with van der Waals surface area (Å²) < 4.78 is 13.7. The molecule has 0 aliphatic heterocycles. The maximum Gasteiger partial charge on any atom is 0.142 e. The number of aryl methyl sites for hydroxylation is 1. The van der Waals surface area contributed by atoms with E-state index in [1.807, 2.05) is 6.07 Å². The molecule has 1 aliphatic rings. The highest BCUT2D eigenvalue weighted by atomic mass is 35.5. The summed E-state index contributed by atoms with van der Waals surface area (Å²) in [7, 11) is 0. The maximum atomic E-state index is 13.7. The third kappa shape index (κ3) is 2.82. The lowest BCUT2D eigenvalue weighted by Gasteiger charge is -2.38. The Balaban J connectivity index is 2.00. The van der Waals surface area contributed by atoms with Crippen molar-refractivity contribution in [1.29, 1.82) is 0 Å². The minimum Gasteiger partial charge on any atom is -0.205 e. The van der Waals surface area contributed by atoms with E-state index < -0.39 is 0 Å². The van der Waals surface area contributed by atoms with Crippen molar-refractivity contribution < 1.29 is 4.39 Å². The van der Waals surface area contributed by atoms with E-state index in [-0.39, 0.29) is 16.3 Å². The van der Waals surface area contributed by atoms with Crippen LogP contribution in [0.2, 0.25) is 5.02 Å². The van der Waals surface area contributed by atoms with Crippen LogP contribution in [0.15, 0.2) is 42.5 Å². The Labute approximate surface area is 134 Å². The zero-order valence-electron chi connectivity index (χ0n) is 11.7. The number of rotatable bonds is 3. The first kappa shape index (κ1) is 14.9. The van der Waals surface area contributed by atoms with Gasteiger partial charge >= 0.3 is 0 Å². The molecule has 0 aromatic heterocycles. The molecule has 110 valence electrons. The van der Waals surface area contributed by atoms with Crippen LogP contribution in [0.1, 0.15) is 29.5 Å². The second-order valence-electron chi connectivity index (χ2n) is 5.85. The van der Waals surface area contributed by atoms with Crippen LogP contribution >= 0.6 is 23.2 Å². The molecule has 2 aromatic rings. The Hall–Kier alpha value is -1.05. The summed E-state index contributed by atoms with van der Waals surface area (Å²) in [6, 6.07) is 13.5. The van der Waals surface area contributed by atoms with E-state index in [9.17, 15) is 4.39 Å². The molecule has 1 unspecified atom stereocenters. The van der Waals surface area contributed by atoms with Gasteiger partial charge in [-0.05, 0) is 54.5 Å². The highest BCUT2D eigenvalue weighted by Gasteiger charge is 2.35. The second kappa shape index (κ2) is 5.98. The minimum atomic E-state index is -0.358. The first-order valence-electron chi connectivity index (χ1n) is 7.23. The summed E-state index contributed by atoms with van der Waals surface area (Å²) in [6.45, 7) is 0. The monoisotopic (exact) mass is 322 g/mol. The average molecular weight is 323 g/mol. The average Bonchev–Trinajstić information content (AvgIpc) is 2.51. The Morgan fingerprint density at radius 1 is 1.14 bits per heavy atom. The number of fused-ring (bicyclic) bond motifs is 1. The fraction of sp³-hybridized carbons (Fsp3) is 0.333. The summed E-state index contributed by atoms with van der Waals surface area (Å²) in [5, 5.41) is 0.169. The van der Waals surface area contributed by atoms with Crippen molar-refractivity contribution in [3.05, 3.63) is 70.0 Å². The number of alkyl halides is 1. The van der Waals surface area contributed by atoms with Gasteiger partial charge in [-0.25, -0.2) is 4.39 Å². The van der Waals surface area contributed by atoms with Gasteiger partial charge in [0.1, 0.15) is 5.82 Å². The molecular weight excluding hydrogens is 306 g/mol. The molecule has 0 spiro atoms. The van der Waals surface area contributed by atoms with Crippen LogP contribution in [-0.2, 0) is 18.3 Å². The lowest BCUT2D eigenvalue weighted by molar-refractivity contribution is 0.396. The summed E-state index contributed by atoms with van der Waals surface area (Å²) >= 11 is 12.1. The smallest absolute Gasteiger partial charge is 0.142 e. The summed E-state index contributed by atoms with van der Waals surface area (Å²) in [5.74, 6) is 0.192. The van der Waals surface area contributed by atoms with E-state index >= 15 is 0 Å². The molecule has 0 nitrogen and oxygen atoms in total. The van der Waals surface area contributed by atoms with Gasteiger partial charge in [0.2, 0.25) is 0 Å². The number of halogens is 3. The van der Waals surface area contributed by atoms with Crippen LogP contribution < -0.4 is 0 Å². The van der Waals surface area contributed by atoms with Crippen molar-refractivity contribution in [1.82, 2.24) is 0 Å². The molecule has 0 N–H and O–H groups in total. The predicted octanol–water partition coefficient (Wildman–Crippen LogP) is 5.53. The molecule has 0 saturated carbocycles. The molecule has 21 heavy (non-hydrogen) atoms. The molecule has 0 saturated heterocycles. The molecule has 0 fully saturated rings. The first-order chi connectivity index (χ1) is 10.1. The molecule has 3 rings (SSSR count). The third-order valence-corrected chi connectivity index (χ3v) is 5.29. The van der Waals surface area contributed by atoms with Crippen molar-refractivity contribution in [3.63, 3.8) is 0 Å². The fourth-order valence-electron chi connectivity index (χ4n) is 3.42. The Kier molecular flexibility index (Phi) is 4.24. The zero-order valence-corrected chi connectivity index (χ0v) is 13.2. The molecule has 1 atom stereocenters. The Morgan fingerprint density at radius 2 is 1.95 bits per heavy atom. The van der Waals surface area contributed by atoms with Crippen LogP contribution in [0, 0.1) is 5.82 Å². The topological polar surface area (TPSA) is 0 Å². The molecule has 3 heteroatoms. The first-order valence-corrected chi connectivity index (χ1v) is 8.14. The van der Waals surface area contributed by atoms with Crippen molar-refractivity contribution in [3.8, 4) is 0 Å². The van der Waals surface area contributed by atoms with Crippen LogP contribution in [-0.4, -0.2) is 5.88 Å². The molecule has 0 radical (unpaired) electrons. The Bertz CT molecular complexity index is 653. The van der Waals surface area contributed by atoms with Gasteiger partial charge in [-0.2, -0.15) is 0 Å². The van der Waals surface area contributed by atoms with E-state index in [1.54, 1.807) is 6.07 Å².